The summed E-state index contributed by atoms with van der Waals surface area (Å²) in [5, 5.41) is 2.68. The fourth-order valence-electron chi connectivity index (χ4n) is 5.45. The Hall–Kier alpha value is -1.15. The second-order valence-corrected chi connectivity index (χ2v) is 11.7. The van der Waals surface area contributed by atoms with Gasteiger partial charge in [0.05, 0.1) is 5.41 Å². The zero-order chi connectivity index (χ0) is 23.7. The van der Waals surface area contributed by atoms with Crippen molar-refractivity contribution in [3.8, 4) is 0 Å². The van der Waals surface area contributed by atoms with E-state index in [1.54, 1.807) is 0 Å². The Morgan fingerprint density at radius 3 is 1.82 bits per heavy atom. The van der Waals surface area contributed by atoms with Crippen LogP contribution in [0.2, 0.25) is 0 Å². The van der Waals surface area contributed by atoms with E-state index in [0.29, 0.717) is 0 Å². The van der Waals surface area contributed by atoms with Gasteiger partial charge in [0, 0.05) is 29.4 Å². The predicted octanol–water partition coefficient (Wildman–Crippen LogP) is 10.5. The van der Waals surface area contributed by atoms with Gasteiger partial charge >= 0.3 is 0 Å². The van der Waals surface area contributed by atoms with E-state index in [2.05, 4.69) is 78.5 Å². The van der Waals surface area contributed by atoms with Gasteiger partial charge in [0.15, 0.2) is 5.71 Å². The van der Waals surface area contributed by atoms with E-state index in [9.17, 15) is 0 Å². The molecule has 0 bridgehead atoms. The van der Waals surface area contributed by atoms with Gasteiger partial charge in [0.25, 0.3) is 0 Å². The van der Waals surface area contributed by atoms with Crippen LogP contribution in [0.4, 0.5) is 5.69 Å². The third-order valence-electron chi connectivity index (χ3n) is 7.93. The Morgan fingerprint density at radius 1 is 0.697 bits per heavy atom. The molecule has 0 aliphatic carbocycles. The van der Waals surface area contributed by atoms with Gasteiger partial charge in [-0.3, -0.25) is 0 Å². The van der Waals surface area contributed by atoms with Crippen molar-refractivity contribution in [3.05, 3.63) is 40.4 Å². The van der Waals surface area contributed by atoms with Gasteiger partial charge < -0.3 is 0 Å². The molecule has 0 spiro atoms. The molecule has 0 amide bonds. The summed E-state index contributed by atoms with van der Waals surface area (Å²) in [7, 11) is 0. The number of rotatable bonds is 15. The van der Waals surface area contributed by atoms with Gasteiger partial charge in [0.2, 0.25) is 5.69 Å². The Kier molecular flexibility index (Phi) is 10.5. The molecule has 2 heteroatoms. The molecule has 0 unspecified atom stereocenters. The SMILES string of the molecule is CCCCCCCCCCCCCCCC[N+]1=C(C)C(C)(C)c2cc3cc(Br)ccc3cc21. The van der Waals surface area contributed by atoms with Gasteiger partial charge in [-0.05, 0) is 49.2 Å². The fraction of sp³-hybridized carbons (Fsp3) is 0.645. The molecule has 2 aromatic carbocycles. The third-order valence-corrected chi connectivity index (χ3v) is 8.42. The largest absolute Gasteiger partial charge is 0.210 e. The highest BCUT2D eigenvalue weighted by Gasteiger charge is 2.42. The first-order chi connectivity index (χ1) is 15.9. The van der Waals surface area contributed by atoms with Crippen LogP contribution in [0.15, 0.2) is 34.8 Å². The molecule has 182 valence electrons. The van der Waals surface area contributed by atoms with E-state index in [-0.39, 0.29) is 5.41 Å². The zero-order valence-electron chi connectivity index (χ0n) is 21.8. The molecule has 1 nitrogen and oxygen atoms in total. The normalized spacial score (nSPS) is 14.9. The number of hydrogen-bond donors (Lipinski definition) is 0. The first-order valence-corrected chi connectivity index (χ1v) is 14.6. The van der Waals surface area contributed by atoms with Crippen LogP contribution in [0, 0.1) is 0 Å². The molecule has 33 heavy (non-hydrogen) atoms. The Morgan fingerprint density at radius 2 is 1.24 bits per heavy atom. The maximum Gasteiger partial charge on any atom is 0.210 e. The lowest BCUT2D eigenvalue weighted by Crippen LogP contribution is -2.26. The lowest BCUT2D eigenvalue weighted by atomic mass is 9.81. The van der Waals surface area contributed by atoms with Crippen LogP contribution in [0.1, 0.15) is 123 Å². The summed E-state index contributed by atoms with van der Waals surface area (Å²) in [5.41, 5.74) is 4.53. The number of benzene rings is 2. The van der Waals surface area contributed by atoms with Crippen LogP contribution in [-0.4, -0.2) is 16.8 Å². The minimum atomic E-state index is 0.113. The van der Waals surface area contributed by atoms with Crippen molar-refractivity contribution in [1.82, 2.24) is 0 Å². The lowest BCUT2D eigenvalue weighted by Gasteiger charge is -2.15. The van der Waals surface area contributed by atoms with Crippen LogP contribution < -0.4 is 0 Å². The molecular formula is C31H47BrN+. The molecule has 1 heterocycles. The summed E-state index contributed by atoms with van der Waals surface area (Å²) in [6.45, 7) is 10.6. The summed E-state index contributed by atoms with van der Waals surface area (Å²) < 4.78 is 3.77. The topological polar surface area (TPSA) is 3.01 Å². The van der Waals surface area contributed by atoms with Crippen LogP contribution >= 0.6 is 15.9 Å². The van der Waals surface area contributed by atoms with E-state index < -0.39 is 0 Å². The second-order valence-electron chi connectivity index (χ2n) is 10.8. The molecule has 3 rings (SSSR count). The first kappa shape index (κ1) is 26.5. The summed E-state index contributed by atoms with van der Waals surface area (Å²) in [5.74, 6) is 0. The Bertz CT molecular complexity index is 924. The molecule has 2 aromatic rings. The smallest absolute Gasteiger partial charge is 0.199 e. The van der Waals surface area contributed by atoms with Crippen molar-refractivity contribution in [2.45, 2.75) is 123 Å². The number of halogens is 1. The van der Waals surface area contributed by atoms with E-state index in [1.165, 1.54) is 118 Å². The van der Waals surface area contributed by atoms with E-state index in [4.69, 9.17) is 0 Å². The molecule has 0 radical (unpaired) electrons. The number of nitrogens with zero attached hydrogens (tertiary/aromatic N) is 1. The highest BCUT2D eigenvalue weighted by molar-refractivity contribution is 9.10. The van der Waals surface area contributed by atoms with Crippen LogP contribution in [-0.2, 0) is 5.41 Å². The van der Waals surface area contributed by atoms with Crippen LogP contribution in [0.5, 0.6) is 0 Å². The molecule has 0 atom stereocenters. The monoisotopic (exact) mass is 512 g/mol. The molecule has 1 aliphatic rings. The third kappa shape index (κ3) is 7.17. The molecular weight excluding hydrogens is 466 g/mol. The van der Waals surface area contributed by atoms with Gasteiger partial charge in [-0.25, -0.2) is 0 Å². The minimum Gasteiger partial charge on any atom is -0.199 e. The molecule has 0 saturated heterocycles. The van der Waals surface area contributed by atoms with Crippen LogP contribution in [0.3, 0.4) is 0 Å². The quantitative estimate of drug-likeness (QED) is 0.165. The Balaban J connectivity index is 1.37. The fourth-order valence-corrected chi connectivity index (χ4v) is 5.82. The molecule has 1 aliphatic heterocycles. The van der Waals surface area contributed by atoms with Crippen LogP contribution in [0.25, 0.3) is 10.8 Å². The summed E-state index contributed by atoms with van der Waals surface area (Å²) in [4.78, 5) is 0. The van der Waals surface area contributed by atoms with Gasteiger partial charge in [-0.2, -0.15) is 4.58 Å². The molecule has 0 N–H and O–H groups in total. The number of fused-ring (bicyclic) bond motifs is 2. The first-order valence-electron chi connectivity index (χ1n) is 13.8. The summed E-state index contributed by atoms with van der Waals surface area (Å²) in [6.07, 6.45) is 19.9. The predicted molar refractivity (Wildman–Crippen MR) is 150 cm³/mol. The van der Waals surface area contributed by atoms with E-state index in [1.807, 2.05) is 0 Å². The van der Waals surface area contributed by atoms with Gasteiger partial charge in [0.1, 0.15) is 6.54 Å². The molecule has 0 saturated carbocycles. The van der Waals surface area contributed by atoms with Crippen molar-refractivity contribution in [2.75, 3.05) is 6.54 Å². The molecule has 0 aromatic heterocycles. The highest BCUT2D eigenvalue weighted by Crippen LogP contribution is 2.42. The Labute approximate surface area is 212 Å². The lowest BCUT2D eigenvalue weighted by molar-refractivity contribution is -0.439. The maximum atomic E-state index is 3.64. The van der Waals surface area contributed by atoms with Crippen molar-refractivity contribution >= 4 is 38.1 Å². The summed E-state index contributed by atoms with van der Waals surface area (Å²) in [6, 6.07) is 11.5. The standard InChI is InChI=1S/C31H47BrN/c1-5-6-7-8-9-10-11-12-13-14-15-16-17-18-21-33-25(2)31(3,4)29-23-27-22-28(32)20-19-26(27)24-30(29)33/h19-20,22-24H,5-18,21H2,1-4H3/q+1. The van der Waals surface area contributed by atoms with Gasteiger partial charge in [-0.15, -0.1) is 0 Å². The zero-order valence-corrected chi connectivity index (χ0v) is 23.4. The maximum absolute atomic E-state index is 3.64. The molecule has 0 fully saturated rings. The minimum absolute atomic E-state index is 0.113. The second kappa shape index (κ2) is 13.1. The van der Waals surface area contributed by atoms with Crippen molar-refractivity contribution in [1.29, 1.82) is 0 Å². The highest BCUT2D eigenvalue weighted by atomic mass is 79.9. The number of hydrogen-bond acceptors (Lipinski definition) is 0. The average Bonchev–Trinajstić information content (AvgIpc) is 2.97. The average molecular weight is 514 g/mol. The van der Waals surface area contributed by atoms with Crippen molar-refractivity contribution < 1.29 is 4.58 Å². The van der Waals surface area contributed by atoms with Gasteiger partial charge in [-0.1, -0.05) is 106 Å². The number of unbranched alkanes of at least 4 members (excludes halogenated alkanes) is 13. The summed E-state index contributed by atoms with van der Waals surface area (Å²) >= 11 is 3.64. The van der Waals surface area contributed by atoms with E-state index in [0.717, 1.165) is 11.0 Å². The van der Waals surface area contributed by atoms with Crippen molar-refractivity contribution in [3.63, 3.8) is 0 Å². The van der Waals surface area contributed by atoms with E-state index >= 15 is 0 Å². The van der Waals surface area contributed by atoms with Crippen molar-refractivity contribution in [2.24, 2.45) is 0 Å².